The van der Waals surface area contributed by atoms with Gasteiger partial charge in [0.05, 0.1) is 0 Å². The molecule has 1 aromatic rings. The molecule has 10 heteroatoms. The fourth-order valence-electron chi connectivity index (χ4n) is 1.59. The number of guanidine groups is 1. The number of carbonyl (C=O) groups excluding carboxylic acids is 1. The molecule has 1 radical (unpaired) electrons. The van der Waals surface area contributed by atoms with Crippen molar-refractivity contribution in [1.29, 1.82) is 0 Å². The van der Waals surface area contributed by atoms with Gasteiger partial charge in [-0.15, -0.1) is 11.7 Å². The Morgan fingerprint density at radius 2 is 2.09 bits per heavy atom. The van der Waals surface area contributed by atoms with Crippen molar-refractivity contribution < 1.29 is 22.5 Å². The number of hydrogen-bond donors (Lipinski definition) is 3. The minimum Gasteiger partial charge on any atom is -0.446 e. The molecular formula is C12H15N4O5S. The molecule has 0 aliphatic rings. The van der Waals surface area contributed by atoms with Gasteiger partial charge in [0.1, 0.15) is 5.75 Å². The third kappa shape index (κ3) is 3.35. The summed E-state index contributed by atoms with van der Waals surface area (Å²) < 4.78 is 38.2. The third-order valence-corrected chi connectivity index (χ3v) is 3.64. The minimum absolute atomic E-state index is 0.0256. The molecule has 0 spiro atoms. The van der Waals surface area contributed by atoms with Crippen LogP contribution in [0.3, 0.4) is 0 Å². The Bertz CT molecular complexity index is 661. The van der Waals surface area contributed by atoms with Gasteiger partial charge in [0, 0.05) is 6.54 Å². The summed E-state index contributed by atoms with van der Waals surface area (Å²) in [5.74, 6) is 4.42. The quantitative estimate of drug-likeness (QED) is 0.114. The molecule has 0 aliphatic carbocycles. The summed E-state index contributed by atoms with van der Waals surface area (Å²) >= 11 is 0. The Hall–Kier alpha value is -2.59. The SMILES string of the molecule is C=CCN(C(N)=NN)C([C]=O)(Oc1ccccc1)S(=O)(=O)O. The lowest BCUT2D eigenvalue weighted by Crippen LogP contribution is -2.63. The van der Waals surface area contributed by atoms with E-state index in [2.05, 4.69) is 11.7 Å². The van der Waals surface area contributed by atoms with Crippen LogP contribution < -0.4 is 16.3 Å². The molecular weight excluding hydrogens is 312 g/mol. The standard InChI is InChI=1S/C12H15N4O5S/c1-2-8-16(11(13)15-14)12(9-17,22(18,19)20)21-10-6-4-3-5-7-10/h2-7H,1,8,14H2,(H2,13,15)(H,18,19,20). The average molecular weight is 327 g/mol. The minimum atomic E-state index is -5.14. The molecule has 5 N–H and O–H groups in total. The van der Waals surface area contributed by atoms with Crippen LogP contribution in [0.1, 0.15) is 0 Å². The third-order valence-electron chi connectivity index (χ3n) is 2.55. The molecule has 0 aliphatic heterocycles. The van der Waals surface area contributed by atoms with E-state index >= 15 is 0 Å². The molecule has 0 heterocycles. The van der Waals surface area contributed by atoms with Gasteiger partial charge in [0.2, 0.25) is 5.96 Å². The highest BCUT2D eigenvalue weighted by Gasteiger charge is 2.54. The number of nitrogens with two attached hydrogens (primary N) is 2. The van der Waals surface area contributed by atoms with Crippen molar-refractivity contribution in [2.45, 2.75) is 5.06 Å². The van der Waals surface area contributed by atoms with Gasteiger partial charge in [-0.2, -0.15) is 8.42 Å². The molecule has 22 heavy (non-hydrogen) atoms. The molecule has 0 aromatic heterocycles. The Labute approximate surface area is 127 Å². The smallest absolute Gasteiger partial charge is 0.382 e. The first kappa shape index (κ1) is 17.5. The fraction of sp³-hybridized carbons (Fsp3) is 0.167. The molecule has 0 amide bonds. The maximum Gasteiger partial charge on any atom is 0.382 e. The van der Waals surface area contributed by atoms with E-state index in [4.69, 9.17) is 16.3 Å². The zero-order valence-electron chi connectivity index (χ0n) is 11.4. The number of ether oxygens (including phenoxy) is 1. The van der Waals surface area contributed by atoms with Crippen LogP contribution in [0.5, 0.6) is 5.75 Å². The maximum absolute atomic E-state index is 11.8. The lowest BCUT2D eigenvalue weighted by molar-refractivity contribution is 0.0878. The van der Waals surface area contributed by atoms with Gasteiger partial charge >= 0.3 is 15.2 Å². The van der Waals surface area contributed by atoms with E-state index in [1.165, 1.54) is 30.3 Å². The van der Waals surface area contributed by atoms with E-state index in [9.17, 15) is 17.8 Å². The first-order valence-corrected chi connectivity index (χ1v) is 7.28. The predicted octanol–water partition coefficient (Wildman–Crippen LogP) is -0.607. The van der Waals surface area contributed by atoms with Crippen molar-refractivity contribution in [3.8, 4) is 5.75 Å². The molecule has 1 atom stereocenters. The van der Waals surface area contributed by atoms with E-state index < -0.39 is 21.1 Å². The second kappa shape index (κ2) is 6.91. The number of rotatable bonds is 7. The van der Waals surface area contributed by atoms with Crippen LogP contribution in [0.2, 0.25) is 0 Å². The van der Waals surface area contributed by atoms with Crippen molar-refractivity contribution in [3.63, 3.8) is 0 Å². The molecule has 0 fully saturated rings. The predicted molar refractivity (Wildman–Crippen MR) is 79.8 cm³/mol. The summed E-state index contributed by atoms with van der Waals surface area (Å²) in [5.41, 5.74) is 5.48. The van der Waals surface area contributed by atoms with Crippen LogP contribution in [0.4, 0.5) is 0 Å². The van der Waals surface area contributed by atoms with Gasteiger partial charge in [-0.25, -0.2) is 0 Å². The number of nitrogens with zero attached hydrogens (tertiary/aromatic N) is 2. The zero-order chi connectivity index (χ0) is 16.8. The summed E-state index contributed by atoms with van der Waals surface area (Å²) in [7, 11) is -5.14. The molecule has 1 unspecified atom stereocenters. The first-order chi connectivity index (χ1) is 10.3. The summed E-state index contributed by atoms with van der Waals surface area (Å²) in [5, 5.41) is 0.138. The summed E-state index contributed by atoms with van der Waals surface area (Å²) in [6, 6.07) is 7.46. The Kier molecular flexibility index (Phi) is 5.49. The number of benzene rings is 1. The zero-order valence-corrected chi connectivity index (χ0v) is 12.2. The normalized spacial score (nSPS) is 14.7. The van der Waals surface area contributed by atoms with E-state index in [1.807, 2.05) is 0 Å². The Balaban J connectivity index is 3.50. The van der Waals surface area contributed by atoms with Gasteiger partial charge in [-0.05, 0) is 12.1 Å². The average Bonchev–Trinajstić information content (AvgIpc) is 2.49. The van der Waals surface area contributed by atoms with Gasteiger partial charge in [0.15, 0.2) is 0 Å². The van der Waals surface area contributed by atoms with Crippen molar-refractivity contribution >= 4 is 22.4 Å². The number of hydrazone groups is 1. The maximum atomic E-state index is 11.8. The van der Waals surface area contributed by atoms with Crippen LogP contribution in [0.15, 0.2) is 48.1 Å². The highest BCUT2D eigenvalue weighted by atomic mass is 32.2. The summed E-state index contributed by atoms with van der Waals surface area (Å²) in [6.07, 6.45) is 2.37. The van der Waals surface area contributed by atoms with Crippen LogP contribution in [-0.4, -0.2) is 41.7 Å². The molecule has 0 bridgehead atoms. The van der Waals surface area contributed by atoms with E-state index in [0.29, 0.717) is 4.90 Å². The molecule has 0 saturated carbocycles. The largest absolute Gasteiger partial charge is 0.446 e. The lowest BCUT2D eigenvalue weighted by Gasteiger charge is -2.35. The Morgan fingerprint density at radius 3 is 2.50 bits per heavy atom. The highest BCUT2D eigenvalue weighted by molar-refractivity contribution is 7.87. The molecule has 1 rings (SSSR count). The second-order valence-corrected chi connectivity index (χ2v) is 5.46. The van der Waals surface area contributed by atoms with Crippen molar-refractivity contribution in [3.05, 3.63) is 43.0 Å². The van der Waals surface area contributed by atoms with Crippen LogP contribution in [0.25, 0.3) is 0 Å². The monoisotopic (exact) mass is 327 g/mol. The fourth-order valence-corrected chi connectivity index (χ4v) is 2.34. The van der Waals surface area contributed by atoms with Crippen molar-refractivity contribution in [2.75, 3.05) is 6.54 Å². The summed E-state index contributed by atoms with van der Waals surface area (Å²) in [6.45, 7) is 3.09. The Morgan fingerprint density at radius 1 is 1.50 bits per heavy atom. The molecule has 9 nitrogen and oxygen atoms in total. The van der Waals surface area contributed by atoms with E-state index in [0.717, 1.165) is 6.29 Å². The second-order valence-electron chi connectivity index (χ2n) is 3.96. The van der Waals surface area contributed by atoms with Crippen LogP contribution in [0, 0.1) is 0 Å². The van der Waals surface area contributed by atoms with Crippen LogP contribution >= 0.6 is 0 Å². The lowest BCUT2D eigenvalue weighted by atomic mass is 10.3. The number of para-hydroxylation sites is 1. The van der Waals surface area contributed by atoms with Crippen molar-refractivity contribution in [1.82, 2.24) is 4.90 Å². The van der Waals surface area contributed by atoms with Crippen LogP contribution in [-0.2, 0) is 14.9 Å². The molecule has 0 saturated heterocycles. The van der Waals surface area contributed by atoms with E-state index in [1.54, 1.807) is 6.07 Å². The summed E-state index contributed by atoms with van der Waals surface area (Å²) in [4.78, 5) is 12.0. The topological polar surface area (TPSA) is 148 Å². The highest BCUT2D eigenvalue weighted by Crippen LogP contribution is 2.25. The van der Waals surface area contributed by atoms with Gasteiger partial charge in [-0.1, -0.05) is 24.3 Å². The first-order valence-electron chi connectivity index (χ1n) is 5.84. The number of hydrogen-bond acceptors (Lipinski definition) is 6. The van der Waals surface area contributed by atoms with Crippen molar-refractivity contribution in [2.24, 2.45) is 16.7 Å². The van der Waals surface area contributed by atoms with Gasteiger partial charge in [-0.3, -0.25) is 14.2 Å². The van der Waals surface area contributed by atoms with E-state index in [-0.39, 0.29) is 12.3 Å². The van der Waals surface area contributed by atoms with Gasteiger partial charge < -0.3 is 16.3 Å². The van der Waals surface area contributed by atoms with Gasteiger partial charge in [0.25, 0.3) is 6.29 Å². The molecule has 119 valence electrons. The molecule has 1 aromatic carbocycles.